The standard InChI is InChI=1S/C14H20ClN3O/c1-18(10-5-3-2-4-6-10)11-7-8-12(13(15)9-11)14(16)17-19/h7-10,19H,2-6H2,1H3,(H2,16,17). The van der Waals surface area contributed by atoms with Crippen LogP contribution in [0.1, 0.15) is 37.7 Å². The van der Waals surface area contributed by atoms with Crippen molar-refractivity contribution < 1.29 is 5.21 Å². The molecule has 104 valence electrons. The van der Waals surface area contributed by atoms with Crippen molar-refractivity contribution in [3.8, 4) is 0 Å². The van der Waals surface area contributed by atoms with Crippen LogP contribution in [0.4, 0.5) is 5.69 Å². The lowest BCUT2D eigenvalue weighted by atomic mass is 9.94. The van der Waals surface area contributed by atoms with E-state index in [1.807, 2.05) is 12.1 Å². The van der Waals surface area contributed by atoms with Crippen molar-refractivity contribution >= 4 is 23.1 Å². The van der Waals surface area contributed by atoms with Gasteiger partial charge in [-0.05, 0) is 31.0 Å². The van der Waals surface area contributed by atoms with Gasteiger partial charge in [0.05, 0.1) is 5.02 Å². The lowest BCUT2D eigenvalue weighted by Gasteiger charge is -2.33. The number of amidine groups is 1. The summed E-state index contributed by atoms with van der Waals surface area (Å²) >= 11 is 6.19. The molecule has 4 nitrogen and oxygen atoms in total. The second kappa shape index (κ2) is 6.15. The first-order valence-electron chi connectivity index (χ1n) is 6.63. The smallest absolute Gasteiger partial charge is 0.171 e. The Morgan fingerprint density at radius 2 is 2.05 bits per heavy atom. The molecule has 0 spiro atoms. The third kappa shape index (κ3) is 3.13. The summed E-state index contributed by atoms with van der Waals surface area (Å²) in [5.74, 6) is 0.0388. The van der Waals surface area contributed by atoms with E-state index < -0.39 is 0 Å². The van der Waals surface area contributed by atoms with Crippen LogP contribution in [-0.4, -0.2) is 24.1 Å². The molecule has 0 atom stereocenters. The maximum Gasteiger partial charge on any atom is 0.171 e. The van der Waals surface area contributed by atoms with Crippen molar-refractivity contribution in [1.82, 2.24) is 0 Å². The SMILES string of the molecule is CN(c1ccc(/C(N)=N/O)c(Cl)c1)C1CCCCC1. The summed E-state index contributed by atoms with van der Waals surface area (Å²) in [6, 6.07) is 6.23. The summed E-state index contributed by atoms with van der Waals surface area (Å²) in [4.78, 5) is 2.28. The van der Waals surface area contributed by atoms with Gasteiger partial charge in [0.15, 0.2) is 5.84 Å². The van der Waals surface area contributed by atoms with Crippen LogP contribution in [-0.2, 0) is 0 Å². The van der Waals surface area contributed by atoms with Crippen molar-refractivity contribution in [3.63, 3.8) is 0 Å². The number of nitrogens with two attached hydrogens (primary N) is 1. The maximum absolute atomic E-state index is 8.69. The van der Waals surface area contributed by atoms with Crippen LogP contribution in [0.2, 0.25) is 5.02 Å². The van der Waals surface area contributed by atoms with Gasteiger partial charge in [0.2, 0.25) is 0 Å². The van der Waals surface area contributed by atoms with E-state index in [0.29, 0.717) is 16.6 Å². The van der Waals surface area contributed by atoms with Crippen LogP contribution in [0.5, 0.6) is 0 Å². The van der Waals surface area contributed by atoms with Gasteiger partial charge in [-0.3, -0.25) is 0 Å². The molecule has 0 saturated heterocycles. The number of benzene rings is 1. The number of hydrogen-bond donors (Lipinski definition) is 2. The monoisotopic (exact) mass is 281 g/mol. The molecular formula is C14H20ClN3O. The van der Waals surface area contributed by atoms with Gasteiger partial charge < -0.3 is 15.8 Å². The van der Waals surface area contributed by atoms with Crippen LogP contribution < -0.4 is 10.6 Å². The average molecular weight is 282 g/mol. The van der Waals surface area contributed by atoms with Gasteiger partial charge in [0, 0.05) is 24.3 Å². The van der Waals surface area contributed by atoms with Crippen LogP contribution in [0.3, 0.4) is 0 Å². The normalized spacial score (nSPS) is 17.5. The molecule has 1 aromatic carbocycles. The molecule has 0 radical (unpaired) electrons. The van der Waals surface area contributed by atoms with Gasteiger partial charge in [0.1, 0.15) is 0 Å². The first-order valence-corrected chi connectivity index (χ1v) is 7.01. The van der Waals surface area contributed by atoms with Crippen LogP contribution in [0.15, 0.2) is 23.4 Å². The Hall–Kier alpha value is -1.42. The summed E-state index contributed by atoms with van der Waals surface area (Å²) in [7, 11) is 2.10. The van der Waals surface area contributed by atoms with Gasteiger partial charge in [-0.1, -0.05) is 36.0 Å². The third-order valence-corrected chi connectivity index (χ3v) is 4.18. The minimum atomic E-state index is 0.0388. The van der Waals surface area contributed by atoms with Gasteiger partial charge in [0.25, 0.3) is 0 Å². The van der Waals surface area contributed by atoms with Crippen molar-refractivity contribution in [2.45, 2.75) is 38.1 Å². The zero-order chi connectivity index (χ0) is 13.8. The fourth-order valence-electron chi connectivity index (χ4n) is 2.66. The zero-order valence-electron chi connectivity index (χ0n) is 11.1. The Morgan fingerprint density at radius 1 is 1.37 bits per heavy atom. The topological polar surface area (TPSA) is 61.8 Å². The van der Waals surface area contributed by atoms with Crippen molar-refractivity contribution in [1.29, 1.82) is 0 Å². The highest BCUT2D eigenvalue weighted by Gasteiger charge is 2.19. The minimum Gasteiger partial charge on any atom is -0.409 e. The molecule has 1 aromatic rings. The fourth-order valence-corrected chi connectivity index (χ4v) is 2.94. The number of anilines is 1. The van der Waals surface area contributed by atoms with Gasteiger partial charge >= 0.3 is 0 Å². The molecule has 0 aliphatic heterocycles. The van der Waals surface area contributed by atoms with E-state index in [1.165, 1.54) is 32.1 Å². The van der Waals surface area contributed by atoms with E-state index in [-0.39, 0.29) is 5.84 Å². The Balaban J connectivity index is 2.19. The first kappa shape index (κ1) is 14.0. The fraction of sp³-hybridized carbons (Fsp3) is 0.500. The number of nitrogens with zero attached hydrogens (tertiary/aromatic N) is 2. The van der Waals surface area contributed by atoms with Gasteiger partial charge in [-0.15, -0.1) is 0 Å². The van der Waals surface area contributed by atoms with Crippen molar-refractivity contribution in [3.05, 3.63) is 28.8 Å². The molecule has 3 N–H and O–H groups in total. The summed E-state index contributed by atoms with van der Waals surface area (Å²) in [5, 5.41) is 12.2. The lowest BCUT2D eigenvalue weighted by Crippen LogP contribution is -2.33. The molecule has 1 saturated carbocycles. The van der Waals surface area contributed by atoms with E-state index >= 15 is 0 Å². The van der Waals surface area contributed by atoms with E-state index in [0.717, 1.165) is 5.69 Å². The zero-order valence-corrected chi connectivity index (χ0v) is 11.9. The molecule has 2 rings (SSSR count). The molecule has 0 bridgehead atoms. The minimum absolute atomic E-state index is 0.0388. The van der Waals surface area contributed by atoms with Crippen molar-refractivity contribution in [2.24, 2.45) is 10.9 Å². The Morgan fingerprint density at radius 3 is 2.63 bits per heavy atom. The quantitative estimate of drug-likeness (QED) is 0.387. The largest absolute Gasteiger partial charge is 0.409 e. The summed E-state index contributed by atoms with van der Waals surface area (Å²) < 4.78 is 0. The molecule has 1 aliphatic rings. The second-order valence-corrected chi connectivity index (χ2v) is 5.46. The van der Waals surface area contributed by atoms with E-state index in [4.69, 9.17) is 22.5 Å². The van der Waals surface area contributed by atoms with E-state index in [2.05, 4.69) is 17.1 Å². The molecule has 0 amide bonds. The Labute approximate surface area is 118 Å². The highest BCUT2D eigenvalue weighted by Crippen LogP contribution is 2.29. The highest BCUT2D eigenvalue weighted by molar-refractivity contribution is 6.34. The molecule has 0 unspecified atom stereocenters. The first-order chi connectivity index (χ1) is 9.13. The van der Waals surface area contributed by atoms with Crippen LogP contribution in [0.25, 0.3) is 0 Å². The maximum atomic E-state index is 8.69. The number of halogens is 1. The number of oxime groups is 1. The molecule has 1 aliphatic carbocycles. The third-order valence-electron chi connectivity index (χ3n) is 3.87. The molecule has 0 aromatic heterocycles. The second-order valence-electron chi connectivity index (χ2n) is 5.05. The Bertz CT molecular complexity index is 470. The summed E-state index contributed by atoms with van der Waals surface area (Å²) in [5.41, 5.74) is 7.20. The average Bonchev–Trinajstić information content (AvgIpc) is 2.46. The van der Waals surface area contributed by atoms with Crippen molar-refractivity contribution in [2.75, 3.05) is 11.9 Å². The number of hydrogen-bond acceptors (Lipinski definition) is 3. The molecule has 19 heavy (non-hydrogen) atoms. The van der Waals surface area contributed by atoms with Gasteiger partial charge in [-0.2, -0.15) is 0 Å². The molecule has 5 heteroatoms. The number of rotatable bonds is 3. The highest BCUT2D eigenvalue weighted by atomic mass is 35.5. The van der Waals surface area contributed by atoms with E-state index in [1.54, 1.807) is 6.07 Å². The molecular weight excluding hydrogens is 262 g/mol. The molecule has 0 heterocycles. The summed E-state index contributed by atoms with van der Waals surface area (Å²) in [6.07, 6.45) is 6.40. The summed E-state index contributed by atoms with van der Waals surface area (Å²) in [6.45, 7) is 0. The lowest BCUT2D eigenvalue weighted by molar-refractivity contribution is 0.318. The van der Waals surface area contributed by atoms with Crippen LogP contribution >= 0.6 is 11.6 Å². The Kier molecular flexibility index (Phi) is 4.53. The molecule has 1 fully saturated rings. The van der Waals surface area contributed by atoms with Crippen LogP contribution in [0, 0.1) is 0 Å². The van der Waals surface area contributed by atoms with Gasteiger partial charge in [-0.25, -0.2) is 0 Å². The predicted octanol–water partition coefficient (Wildman–Crippen LogP) is 3.20. The predicted molar refractivity (Wildman–Crippen MR) is 79.2 cm³/mol. The van der Waals surface area contributed by atoms with E-state index in [9.17, 15) is 0 Å².